The Hall–Kier alpha value is -2.48. The second kappa shape index (κ2) is 6.56. The highest BCUT2D eigenvalue weighted by molar-refractivity contribution is 7.14. The third-order valence-electron chi connectivity index (χ3n) is 3.41. The van der Waals surface area contributed by atoms with Crippen LogP contribution in [0, 0.1) is 10.1 Å². The second-order valence-corrected chi connectivity index (χ2v) is 7.46. The molecule has 7 nitrogen and oxygen atoms in total. The first kappa shape index (κ1) is 17.9. The van der Waals surface area contributed by atoms with Gasteiger partial charge in [0.05, 0.1) is 10.6 Å². The van der Waals surface area contributed by atoms with Crippen LogP contribution in [0.15, 0.2) is 23.6 Å². The SMILES string of the molecule is CN(C)c1ccc(C(=O)Nc2nc(C(C)(C)C)cs2)cc1[N+](=O)[O-]. The molecule has 0 unspecified atom stereocenters. The van der Waals surface area contributed by atoms with Gasteiger partial charge in [0.1, 0.15) is 5.69 Å². The molecule has 24 heavy (non-hydrogen) atoms. The smallest absolute Gasteiger partial charge is 0.293 e. The number of hydrogen-bond donors (Lipinski definition) is 1. The summed E-state index contributed by atoms with van der Waals surface area (Å²) in [6.45, 7) is 6.12. The normalized spacial score (nSPS) is 11.2. The van der Waals surface area contributed by atoms with Crippen molar-refractivity contribution < 1.29 is 9.72 Å². The van der Waals surface area contributed by atoms with Gasteiger partial charge in [0.2, 0.25) is 0 Å². The molecule has 0 saturated carbocycles. The van der Waals surface area contributed by atoms with Crippen LogP contribution in [-0.2, 0) is 5.41 Å². The van der Waals surface area contributed by atoms with Crippen molar-refractivity contribution in [3.8, 4) is 0 Å². The fraction of sp³-hybridized carbons (Fsp3) is 0.375. The van der Waals surface area contributed by atoms with E-state index in [9.17, 15) is 14.9 Å². The molecule has 0 aliphatic rings. The summed E-state index contributed by atoms with van der Waals surface area (Å²) in [6, 6.07) is 4.41. The molecule has 1 N–H and O–H groups in total. The molecule has 128 valence electrons. The Morgan fingerprint density at radius 2 is 2.00 bits per heavy atom. The Morgan fingerprint density at radius 3 is 2.50 bits per heavy atom. The fourth-order valence-electron chi connectivity index (χ4n) is 2.03. The van der Waals surface area contributed by atoms with Gasteiger partial charge >= 0.3 is 0 Å². The van der Waals surface area contributed by atoms with Crippen LogP contribution >= 0.6 is 11.3 Å². The average molecular weight is 348 g/mol. The maximum Gasteiger partial charge on any atom is 0.293 e. The van der Waals surface area contributed by atoms with Crippen LogP contribution in [0.1, 0.15) is 36.8 Å². The van der Waals surface area contributed by atoms with Crippen LogP contribution in [0.2, 0.25) is 0 Å². The van der Waals surface area contributed by atoms with Crippen molar-refractivity contribution in [2.45, 2.75) is 26.2 Å². The van der Waals surface area contributed by atoms with E-state index in [1.165, 1.54) is 17.4 Å². The van der Waals surface area contributed by atoms with Gasteiger partial charge in [0.15, 0.2) is 5.13 Å². The Morgan fingerprint density at radius 1 is 1.33 bits per heavy atom. The predicted octanol–water partition coefficient (Wildman–Crippen LogP) is 3.67. The predicted molar refractivity (Wildman–Crippen MR) is 96.2 cm³/mol. The summed E-state index contributed by atoms with van der Waals surface area (Å²) in [5.74, 6) is -0.418. The minimum absolute atomic E-state index is 0.106. The van der Waals surface area contributed by atoms with E-state index in [0.29, 0.717) is 10.8 Å². The van der Waals surface area contributed by atoms with Crippen LogP contribution in [0.4, 0.5) is 16.5 Å². The molecule has 0 aliphatic heterocycles. The average Bonchev–Trinajstić information content (AvgIpc) is 2.95. The zero-order valence-electron chi connectivity index (χ0n) is 14.3. The van der Waals surface area contributed by atoms with Gasteiger partial charge in [0, 0.05) is 36.5 Å². The minimum Gasteiger partial charge on any atom is -0.372 e. The number of amides is 1. The molecule has 1 heterocycles. The third kappa shape index (κ3) is 3.88. The summed E-state index contributed by atoms with van der Waals surface area (Å²) in [6.07, 6.45) is 0. The highest BCUT2D eigenvalue weighted by Gasteiger charge is 2.21. The number of rotatable bonds is 4. The lowest BCUT2D eigenvalue weighted by Crippen LogP contribution is -2.15. The monoisotopic (exact) mass is 348 g/mol. The number of carbonyl (C=O) groups excluding carboxylic acids is 1. The third-order valence-corrected chi connectivity index (χ3v) is 4.17. The lowest BCUT2D eigenvalue weighted by Gasteiger charge is -2.14. The zero-order chi connectivity index (χ0) is 18.1. The van der Waals surface area contributed by atoms with Crippen LogP contribution < -0.4 is 10.2 Å². The van der Waals surface area contributed by atoms with E-state index in [2.05, 4.69) is 10.3 Å². The van der Waals surface area contributed by atoms with Gasteiger partial charge in [0.25, 0.3) is 11.6 Å². The number of thiazole rings is 1. The summed E-state index contributed by atoms with van der Waals surface area (Å²) in [4.78, 5) is 29.1. The van der Waals surface area contributed by atoms with Crippen molar-refractivity contribution in [2.24, 2.45) is 0 Å². The number of aromatic nitrogens is 1. The summed E-state index contributed by atoms with van der Waals surface area (Å²) < 4.78 is 0. The number of anilines is 2. The molecule has 1 aromatic carbocycles. The molecule has 0 aliphatic carbocycles. The van der Waals surface area contributed by atoms with E-state index in [1.54, 1.807) is 31.1 Å². The number of nitro groups is 1. The van der Waals surface area contributed by atoms with Gasteiger partial charge in [-0.3, -0.25) is 20.2 Å². The minimum atomic E-state index is -0.493. The molecule has 1 amide bonds. The molecule has 1 aromatic heterocycles. The van der Waals surface area contributed by atoms with Gasteiger partial charge < -0.3 is 4.90 Å². The van der Waals surface area contributed by atoms with E-state index >= 15 is 0 Å². The van der Waals surface area contributed by atoms with E-state index in [0.717, 1.165) is 5.69 Å². The van der Waals surface area contributed by atoms with E-state index in [1.807, 2.05) is 26.2 Å². The van der Waals surface area contributed by atoms with Crippen LogP contribution in [-0.4, -0.2) is 29.9 Å². The maximum absolute atomic E-state index is 12.3. The van der Waals surface area contributed by atoms with Crippen molar-refractivity contribution in [3.63, 3.8) is 0 Å². The number of nitrogens with zero attached hydrogens (tertiary/aromatic N) is 3. The zero-order valence-corrected chi connectivity index (χ0v) is 15.1. The lowest BCUT2D eigenvalue weighted by atomic mass is 9.93. The van der Waals surface area contributed by atoms with Crippen molar-refractivity contribution in [1.82, 2.24) is 4.98 Å². The fourth-order valence-corrected chi connectivity index (χ4v) is 2.97. The first-order valence-electron chi connectivity index (χ1n) is 7.32. The number of carbonyl (C=O) groups is 1. The van der Waals surface area contributed by atoms with Crippen molar-refractivity contribution in [2.75, 3.05) is 24.3 Å². The van der Waals surface area contributed by atoms with Gasteiger partial charge in [-0.15, -0.1) is 11.3 Å². The lowest BCUT2D eigenvalue weighted by molar-refractivity contribution is -0.384. The number of nitrogens with one attached hydrogen (secondary N) is 1. The largest absolute Gasteiger partial charge is 0.372 e. The first-order valence-corrected chi connectivity index (χ1v) is 8.20. The highest BCUT2D eigenvalue weighted by Crippen LogP contribution is 2.29. The molecule has 0 fully saturated rings. The summed E-state index contributed by atoms with van der Waals surface area (Å²) in [5, 5.41) is 16.3. The summed E-state index contributed by atoms with van der Waals surface area (Å²) in [7, 11) is 3.43. The Balaban J connectivity index is 2.25. The molecule has 0 spiro atoms. The molecule has 0 radical (unpaired) electrons. The van der Waals surface area contributed by atoms with E-state index in [-0.39, 0.29) is 16.7 Å². The van der Waals surface area contributed by atoms with Crippen LogP contribution in [0.5, 0.6) is 0 Å². The molecule has 2 rings (SSSR count). The van der Waals surface area contributed by atoms with Gasteiger partial charge in [-0.2, -0.15) is 0 Å². The van der Waals surface area contributed by atoms with Crippen molar-refractivity contribution in [3.05, 3.63) is 45.0 Å². The first-order chi connectivity index (χ1) is 11.1. The molecular formula is C16H20N4O3S. The second-order valence-electron chi connectivity index (χ2n) is 6.60. The molecule has 0 saturated heterocycles. The maximum atomic E-state index is 12.3. The molecule has 0 bridgehead atoms. The van der Waals surface area contributed by atoms with E-state index in [4.69, 9.17) is 0 Å². The Bertz CT molecular complexity index is 778. The Kier molecular flexibility index (Phi) is 4.88. The van der Waals surface area contributed by atoms with Gasteiger partial charge in [-0.1, -0.05) is 20.8 Å². The van der Waals surface area contributed by atoms with Gasteiger partial charge in [-0.25, -0.2) is 4.98 Å². The summed E-state index contributed by atoms with van der Waals surface area (Å²) >= 11 is 1.33. The summed E-state index contributed by atoms with van der Waals surface area (Å²) in [5.41, 5.74) is 1.34. The van der Waals surface area contributed by atoms with E-state index < -0.39 is 10.8 Å². The molecular weight excluding hydrogens is 328 g/mol. The van der Waals surface area contributed by atoms with Crippen LogP contribution in [0.25, 0.3) is 0 Å². The molecule has 0 atom stereocenters. The molecule has 8 heteroatoms. The standard InChI is InChI=1S/C16H20N4O3S/c1-16(2,3)13-9-24-15(17-13)18-14(21)10-6-7-11(19(4)5)12(8-10)20(22)23/h6-9H,1-5H3,(H,17,18,21). The Labute approximate surface area is 144 Å². The van der Waals surface area contributed by atoms with Crippen molar-refractivity contribution >= 4 is 33.8 Å². The topological polar surface area (TPSA) is 88.4 Å². The van der Waals surface area contributed by atoms with Crippen LogP contribution in [0.3, 0.4) is 0 Å². The van der Waals surface area contributed by atoms with Crippen molar-refractivity contribution in [1.29, 1.82) is 0 Å². The number of nitro benzene ring substituents is 1. The highest BCUT2D eigenvalue weighted by atomic mass is 32.1. The number of hydrogen-bond acceptors (Lipinski definition) is 6. The van der Waals surface area contributed by atoms with Gasteiger partial charge in [-0.05, 0) is 12.1 Å². The molecule has 2 aromatic rings. The number of benzene rings is 1. The quantitative estimate of drug-likeness (QED) is 0.673.